The smallest absolute Gasteiger partial charge is 0.384 e. The lowest BCUT2D eigenvalue weighted by molar-refractivity contribution is -0.112. The summed E-state index contributed by atoms with van der Waals surface area (Å²) >= 11 is 6.05. The van der Waals surface area contributed by atoms with Crippen LogP contribution < -0.4 is 10.6 Å². The molecule has 0 fully saturated rings. The van der Waals surface area contributed by atoms with Crippen LogP contribution in [0.1, 0.15) is 17.2 Å². The average Bonchev–Trinajstić information content (AvgIpc) is 3.08. The second-order valence-corrected chi connectivity index (χ2v) is 6.81. The summed E-state index contributed by atoms with van der Waals surface area (Å²) in [5.74, 6) is -0.911. The molecule has 2 N–H and O–H groups in total. The molecular weight excluding hydrogens is 407 g/mol. The fraction of sp³-hybridized carbons (Fsp3) is 0.158. The Hall–Kier alpha value is -3.20. The van der Waals surface area contributed by atoms with Crippen molar-refractivity contribution in [3.05, 3.63) is 65.2 Å². The van der Waals surface area contributed by atoms with Gasteiger partial charge in [-0.05, 0) is 23.8 Å². The maximum absolute atomic E-state index is 12.2. The maximum Gasteiger partial charge on any atom is 0.409 e. The molecule has 1 aliphatic rings. The SMILES string of the molecule is O=C(C=CC(F)(F)F)Nc1cc2c(C3CNc4cc(Cl)ccc43)ncnc2cn1. The lowest BCUT2D eigenvalue weighted by Crippen LogP contribution is -2.12. The van der Waals surface area contributed by atoms with E-state index in [4.69, 9.17) is 11.6 Å². The molecule has 0 saturated carbocycles. The Labute approximate surface area is 167 Å². The number of carbonyl (C=O) groups excluding carboxylic acids is 1. The molecule has 0 radical (unpaired) electrons. The first kappa shape index (κ1) is 19.1. The molecule has 3 heterocycles. The third-order valence-electron chi connectivity index (χ3n) is 4.44. The fourth-order valence-electron chi connectivity index (χ4n) is 3.21. The second kappa shape index (κ2) is 7.32. The predicted octanol–water partition coefficient (Wildman–Crippen LogP) is 4.29. The van der Waals surface area contributed by atoms with Gasteiger partial charge >= 0.3 is 6.18 Å². The monoisotopic (exact) mass is 419 g/mol. The predicted molar refractivity (Wildman–Crippen MR) is 103 cm³/mol. The molecule has 1 unspecified atom stereocenters. The molecule has 6 nitrogen and oxygen atoms in total. The number of aromatic nitrogens is 3. The fourth-order valence-corrected chi connectivity index (χ4v) is 3.39. The standard InChI is InChI=1S/C19H13ClF3N5O/c20-10-1-2-11-13(7-24-14(11)5-10)18-12-6-16(25-8-15(12)26-9-27-18)28-17(29)3-4-19(21,22)23/h1-6,8-9,13,24H,7H2,(H,25,28,29). The Morgan fingerprint density at radius 2 is 2.07 bits per heavy atom. The number of nitrogens with one attached hydrogen (secondary N) is 2. The minimum atomic E-state index is -4.57. The molecule has 1 aromatic carbocycles. The number of hydrogen-bond acceptors (Lipinski definition) is 5. The van der Waals surface area contributed by atoms with Crippen LogP contribution in [0.5, 0.6) is 0 Å². The maximum atomic E-state index is 12.2. The molecule has 2 aromatic heterocycles. The molecule has 3 aromatic rings. The zero-order chi connectivity index (χ0) is 20.6. The lowest BCUT2D eigenvalue weighted by Gasteiger charge is -2.13. The largest absolute Gasteiger partial charge is 0.409 e. The van der Waals surface area contributed by atoms with Gasteiger partial charge in [0.1, 0.15) is 12.1 Å². The van der Waals surface area contributed by atoms with Crippen LogP contribution in [0.25, 0.3) is 10.9 Å². The van der Waals surface area contributed by atoms with E-state index in [9.17, 15) is 18.0 Å². The van der Waals surface area contributed by atoms with Crippen LogP contribution in [0.2, 0.25) is 5.02 Å². The van der Waals surface area contributed by atoms with Crippen LogP contribution in [0.4, 0.5) is 24.7 Å². The van der Waals surface area contributed by atoms with Gasteiger partial charge in [0.2, 0.25) is 5.91 Å². The quantitative estimate of drug-likeness (QED) is 0.619. The highest BCUT2D eigenvalue weighted by molar-refractivity contribution is 6.30. The number of fused-ring (bicyclic) bond motifs is 2. The van der Waals surface area contributed by atoms with Crippen molar-refractivity contribution in [3.8, 4) is 0 Å². The second-order valence-electron chi connectivity index (χ2n) is 6.37. The van der Waals surface area contributed by atoms with Gasteiger partial charge in [-0.2, -0.15) is 13.2 Å². The van der Waals surface area contributed by atoms with E-state index in [0.29, 0.717) is 34.2 Å². The topological polar surface area (TPSA) is 79.8 Å². The number of allylic oxidation sites excluding steroid dienone is 1. The highest BCUT2D eigenvalue weighted by Crippen LogP contribution is 2.39. The number of amides is 1. The first-order valence-corrected chi connectivity index (χ1v) is 8.89. The van der Waals surface area contributed by atoms with Gasteiger partial charge in [0, 0.05) is 40.7 Å². The van der Waals surface area contributed by atoms with Crippen LogP contribution in [0.3, 0.4) is 0 Å². The number of carbonyl (C=O) groups is 1. The van der Waals surface area contributed by atoms with E-state index in [1.54, 1.807) is 12.1 Å². The molecule has 0 bridgehead atoms. The van der Waals surface area contributed by atoms with Gasteiger partial charge in [0.15, 0.2) is 0 Å². The van der Waals surface area contributed by atoms with Gasteiger partial charge in [0.05, 0.1) is 17.4 Å². The van der Waals surface area contributed by atoms with E-state index >= 15 is 0 Å². The van der Waals surface area contributed by atoms with Crippen molar-refractivity contribution in [1.29, 1.82) is 0 Å². The molecule has 0 spiro atoms. The number of benzene rings is 1. The number of nitrogens with zero attached hydrogens (tertiary/aromatic N) is 3. The van der Waals surface area contributed by atoms with Crippen LogP contribution in [0.15, 0.2) is 48.9 Å². The summed E-state index contributed by atoms with van der Waals surface area (Å²) in [6.45, 7) is 0.597. The first-order chi connectivity index (χ1) is 13.8. The Morgan fingerprint density at radius 3 is 2.86 bits per heavy atom. The van der Waals surface area contributed by atoms with Crippen LogP contribution in [-0.2, 0) is 4.79 Å². The lowest BCUT2D eigenvalue weighted by atomic mass is 9.95. The van der Waals surface area contributed by atoms with Gasteiger partial charge in [-0.15, -0.1) is 0 Å². The molecule has 0 saturated heterocycles. The summed E-state index contributed by atoms with van der Waals surface area (Å²) in [5, 5.41) is 6.87. The Balaban J connectivity index is 1.68. The molecule has 1 aliphatic heterocycles. The van der Waals surface area contributed by atoms with E-state index in [0.717, 1.165) is 11.3 Å². The van der Waals surface area contributed by atoms with E-state index in [-0.39, 0.29) is 17.8 Å². The van der Waals surface area contributed by atoms with Crippen LogP contribution >= 0.6 is 11.6 Å². The van der Waals surface area contributed by atoms with Gasteiger partial charge < -0.3 is 10.6 Å². The average molecular weight is 420 g/mol. The molecule has 1 atom stereocenters. The van der Waals surface area contributed by atoms with E-state index in [1.807, 2.05) is 12.1 Å². The number of hydrogen-bond donors (Lipinski definition) is 2. The molecule has 10 heteroatoms. The highest BCUT2D eigenvalue weighted by atomic mass is 35.5. The van der Waals surface area contributed by atoms with Crippen molar-refractivity contribution in [3.63, 3.8) is 0 Å². The summed E-state index contributed by atoms with van der Waals surface area (Å²) in [6, 6.07) is 7.10. The minimum Gasteiger partial charge on any atom is -0.384 e. The number of halogens is 4. The van der Waals surface area contributed by atoms with Crippen molar-refractivity contribution in [1.82, 2.24) is 15.0 Å². The molecule has 0 aliphatic carbocycles. The minimum absolute atomic E-state index is 0.0798. The summed E-state index contributed by atoms with van der Waals surface area (Å²) in [5.41, 5.74) is 3.20. The van der Waals surface area contributed by atoms with E-state index in [2.05, 4.69) is 25.6 Å². The van der Waals surface area contributed by atoms with E-state index < -0.39 is 12.1 Å². The Morgan fingerprint density at radius 1 is 1.24 bits per heavy atom. The number of alkyl halides is 3. The number of pyridine rings is 1. The Bertz CT molecular complexity index is 1130. The van der Waals surface area contributed by atoms with Gasteiger partial charge in [-0.3, -0.25) is 4.79 Å². The van der Waals surface area contributed by atoms with Crippen LogP contribution in [0, 0.1) is 0 Å². The normalized spacial score (nSPS) is 16.1. The van der Waals surface area contributed by atoms with Crippen molar-refractivity contribution < 1.29 is 18.0 Å². The van der Waals surface area contributed by atoms with Crippen molar-refractivity contribution in [2.24, 2.45) is 0 Å². The first-order valence-electron chi connectivity index (χ1n) is 8.51. The van der Waals surface area contributed by atoms with E-state index in [1.165, 1.54) is 12.5 Å². The molecule has 148 valence electrons. The summed E-state index contributed by atoms with van der Waals surface area (Å²) in [7, 11) is 0. The van der Waals surface area contributed by atoms with Crippen LogP contribution in [-0.4, -0.2) is 33.6 Å². The van der Waals surface area contributed by atoms with Crippen molar-refractivity contribution in [2.75, 3.05) is 17.2 Å². The summed E-state index contributed by atoms with van der Waals surface area (Å²) < 4.78 is 36.7. The van der Waals surface area contributed by atoms with Gasteiger partial charge in [-0.1, -0.05) is 17.7 Å². The third kappa shape index (κ3) is 4.14. The van der Waals surface area contributed by atoms with Gasteiger partial charge in [0.25, 0.3) is 0 Å². The number of anilines is 2. The molecule has 4 rings (SSSR count). The molecule has 1 amide bonds. The summed E-state index contributed by atoms with van der Waals surface area (Å²) in [6.07, 6.45) is -1.42. The van der Waals surface area contributed by atoms with Gasteiger partial charge in [-0.25, -0.2) is 15.0 Å². The third-order valence-corrected chi connectivity index (χ3v) is 4.68. The number of rotatable bonds is 3. The summed E-state index contributed by atoms with van der Waals surface area (Å²) in [4.78, 5) is 24.4. The van der Waals surface area contributed by atoms with Crippen molar-refractivity contribution >= 4 is 39.9 Å². The highest BCUT2D eigenvalue weighted by Gasteiger charge is 2.27. The molecular formula is C19H13ClF3N5O. The zero-order valence-corrected chi connectivity index (χ0v) is 15.4. The molecule has 29 heavy (non-hydrogen) atoms. The van der Waals surface area contributed by atoms with Crippen molar-refractivity contribution in [2.45, 2.75) is 12.1 Å². The zero-order valence-electron chi connectivity index (χ0n) is 14.7. The Kier molecular flexibility index (Phi) is 4.83.